The fourth-order valence-electron chi connectivity index (χ4n) is 2.89. The summed E-state index contributed by atoms with van der Waals surface area (Å²) in [6.45, 7) is 2.27. The summed E-state index contributed by atoms with van der Waals surface area (Å²) in [6.07, 6.45) is 8.78. The first-order valence-corrected chi connectivity index (χ1v) is 8.23. The molecule has 2 aromatic heterocycles. The van der Waals surface area contributed by atoms with Crippen LogP contribution in [0, 0.1) is 5.92 Å². The molecule has 1 saturated carbocycles. The fraction of sp³-hybridized carbons (Fsp3) is 0.529. The predicted octanol–water partition coefficient (Wildman–Crippen LogP) is 2.76. The number of hydrogen-bond acceptors (Lipinski definition) is 5. The summed E-state index contributed by atoms with van der Waals surface area (Å²) in [4.78, 5) is 20.4. The third-order valence-corrected chi connectivity index (χ3v) is 4.33. The zero-order valence-corrected chi connectivity index (χ0v) is 13.4. The van der Waals surface area contributed by atoms with Crippen LogP contribution < -0.4 is 5.32 Å². The van der Waals surface area contributed by atoms with Gasteiger partial charge in [-0.2, -0.15) is 4.98 Å². The molecule has 1 aliphatic carbocycles. The van der Waals surface area contributed by atoms with Gasteiger partial charge in [-0.15, -0.1) is 0 Å². The largest absolute Gasteiger partial charge is 0.353 e. The van der Waals surface area contributed by atoms with Crippen LogP contribution in [-0.2, 0) is 11.2 Å². The lowest BCUT2D eigenvalue weighted by Gasteiger charge is -2.26. The molecule has 2 aromatic rings. The van der Waals surface area contributed by atoms with Crippen LogP contribution in [-0.4, -0.2) is 27.1 Å². The van der Waals surface area contributed by atoms with Gasteiger partial charge in [-0.1, -0.05) is 12.1 Å². The van der Waals surface area contributed by atoms with E-state index in [1.54, 1.807) is 12.4 Å². The topological polar surface area (TPSA) is 80.9 Å². The van der Waals surface area contributed by atoms with Crippen molar-refractivity contribution >= 4 is 5.91 Å². The number of carbonyl (C=O) groups is 1. The zero-order valence-electron chi connectivity index (χ0n) is 13.4. The molecule has 1 fully saturated rings. The van der Waals surface area contributed by atoms with Crippen LogP contribution in [0.1, 0.15) is 44.9 Å². The van der Waals surface area contributed by atoms with E-state index in [4.69, 9.17) is 4.52 Å². The number of nitrogens with one attached hydrogen (secondary N) is 1. The third-order valence-electron chi connectivity index (χ3n) is 4.33. The van der Waals surface area contributed by atoms with E-state index >= 15 is 0 Å². The summed E-state index contributed by atoms with van der Waals surface area (Å²) >= 11 is 0. The molecule has 1 aliphatic rings. The van der Waals surface area contributed by atoms with E-state index in [-0.39, 0.29) is 5.91 Å². The number of carbonyl (C=O) groups excluding carboxylic acids is 1. The van der Waals surface area contributed by atoms with Crippen molar-refractivity contribution < 1.29 is 9.32 Å². The van der Waals surface area contributed by atoms with E-state index in [0.717, 1.165) is 24.3 Å². The van der Waals surface area contributed by atoms with Crippen LogP contribution in [0.15, 0.2) is 29.0 Å². The monoisotopic (exact) mass is 314 g/mol. The van der Waals surface area contributed by atoms with Crippen molar-refractivity contribution in [3.8, 4) is 11.4 Å². The highest BCUT2D eigenvalue weighted by Gasteiger charge is 2.20. The summed E-state index contributed by atoms with van der Waals surface area (Å²) in [7, 11) is 0. The minimum atomic E-state index is 0.0608. The van der Waals surface area contributed by atoms with Crippen molar-refractivity contribution in [1.82, 2.24) is 20.4 Å². The predicted molar refractivity (Wildman–Crippen MR) is 85.4 cm³/mol. The Morgan fingerprint density at radius 3 is 2.91 bits per heavy atom. The number of pyridine rings is 1. The van der Waals surface area contributed by atoms with Gasteiger partial charge in [-0.05, 0) is 43.7 Å². The number of aromatic nitrogens is 3. The molecule has 6 heteroatoms. The Balaban J connectivity index is 1.47. The first-order chi connectivity index (χ1) is 11.2. The van der Waals surface area contributed by atoms with Gasteiger partial charge in [-0.25, -0.2) is 0 Å². The van der Waals surface area contributed by atoms with Crippen LogP contribution in [0.4, 0.5) is 0 Å². The molecule has 122 valence electrons. The van der Waals surface area contributed by atoms with Gasteiger partial charge in [0.1, 0.15) is 0 Å². The van der Waals surface area contributed by atoms with Gasteiger partial charge in [0.2, 0.25) is 17.6 Å². The van der Waals surface area contributed by atoms with Gasteiger partial charge in [0.15, 0.2) is 0 Å². The maximum absolute atomic E-state index is 12.0. The molecular weight excluding hydrogens is 292 g/mol. The maximum Gasteiger partial charge on any atom is 0.227 e. The van der Waals surface area contributed by atoms with E-state index in [9.17, 15) is 4.79 Å². The van der Waals surface area contributed by atoms with Crippen molar-refractivity contribution in [3.63, 3.8) is 0 Å². The van der Waals surface area contributed by atoms with E-state index < -0.39 is 0 Å². The highest BCUT2D eigenvalue weighted by atomic mass is 16.5. The molecule has 23 heavy (non-hydrogen) atoms. The van der Waals surface area contributed by atoms with Crippen LogP contribution in [0.2, 0.25) is 0 Å². The second kappa shape index (κ2) is 7.35. The molecule has 0 aliphatic heterocycles. The number of amides is 1. The zero-order chi connectivity index (χ0) is 16.1. The Morgan fingerprint density at radius 2 is 2.17 bits per heavy atom. The fourth-order valence-corrected chi connectivity index (χ4v) is 2.89. The highest BCUT2D eigenvalue weighted by Crippen LogP contribution is 2.23. The second-order valence-electron chi connectivity index (χ2n) is 6.28. The van der Waals surface area contributed by atoms with Crippen molar-refractivity contribution in [2.75, 3.05) is 0 Å². The van der Waals surface area contributed by atoms with Gasteiger partial charge in [-0.3, -0.25) is 9.78 Å². The lowest BCUT2D eigenvalue weighted by Crippen LogP contribution is -2.37. The summed E-state index contributed by atoms with van der Waals surface area (Å²) in [5, 5.41) is 7.04. The SMILES string of the molecule is CC1CCC(NC(=O)CCc2nc(-c3cccnc3)no2)CC1. The average Bonchev–Trinajstić information content (AvgIpc) is 3.05. The Hall–Kier alpha value is -2.24. The molecule has 1 amide bonds. The van der Waals surface area contributed by atoms with Gasteiger partial charge >= 0.3 is 0 Å². The molecule has 3 rings (SSSR count). The molecule has 2 heterocycles. The van der Waals surface area contributed by atoms with Crippen LogP contribution in [0.25, 0.3) is 11.4 Å². The van der Waals surface area contributed by atoms with Crippen LogP contribution >= 0.6 is 0 Å². The second-order valence-corrected chi connectivity index (χ2v) is 6.28. The normalized spacial score (nSPS) is 21.1. The number of nitrogens with zero attached hydrogens (tertiary/aromatic N) is 3. The molecule has 0 spiro atoms. The van der Waals surface area contributed by atoms with Gasteiger partial charge in [0.25, 0.3) is 0 Å². The van der Waals surface area contributed by atoms with Crippen molar-refractivity contribution in [2.45, 2.75) is 51.5 Å². The summed E-state index contributed by atoms with van der Waals surface area (Å²) in [5.74, 6) is 1.84. The third kappa shape index (κ3) is 4.37. The number of hydrogen-bond donors (Lipinski definition) is 1. The standard InChI is InChI=1S/C17H22N4O2/c1-12-4-6-14(7-5-12)19-15(22)8-9-16-20-17(21-23-16)13-3-2-10-18-11-13/h2-3,10-12,14H,4-9H2,1H3,(H,19,22). The van der Waals surface area contributed by atoms with Crippen LogP contribution in [0.3, 0.4) is 0 Å². The lowest BCUT2D eigenvalue weighted by atomic mass is 9.87. The van der Waals surface area contributed by atoms with E-state index in [1.807, 2.05) is 12.1 Å². The Labute approximate surface area is 135 Å². The van der Waals surface area contributed by atoms with Gasteiger partial charge in [0.05, 0.1) is 0 Å². The summed E-state index contributed by atoms with van der Waals surface area (Å²) in [6, 6.07) is 4.02. The van der Waals surface area contributed by atoms with Crippen LogP contribution in [0.5, 0.6) is 0 Å². The van der Waals surface area contributed by atoms with E-state index in [0.29, 0.717) is 30.6 Å². The number of aryl methyl sites for hydroxylation is 1. The molecule has 0 aromatic carbocycles. The first-order valence-electron chi connectivity index (χ1n) is 8.23. The Bertz CT molecular complexity index is 633. The average molecular weight is 314 g/mol. The Kier molecular flexibility index (Phi) is 5.00. The van der Waals surface area contributed by atoms with E-state index in [2.05, 4.69) is 27.4 Å². The lowest BCUT2D eigenvalue weighted by molar-refractivity contribution is -0.122. The minimum Gasteiger partial charge on any atom is -0.353 e. The highest BCUT2D eigenvalue weighted by molar-refractivity contribution is 5.76. The Morgan fingerprint density at radius 1 is 1.35 bits per heavy atom. The maximum atomic E-state index is 12.0. The first kappa shape index (κ1) is 15.6. The van der Waals surface area contributed by atoms with Crippen molar-refractivity contribution in [2.24, 2.45) is 5.92 Å². The molecule has 0 atom stereocenters. The molecule has 0 bridgehead atoms. The summed E-state index contributed by atoms with van der Waals surface area (Å²) in [5.41, 5.74) is 0.809. The molecule has 0 saturated heterocycles. The molecule has 1 N–H and O–H groups in total. The molecule has 6 nitrogen and oxygen atoms in total. The van der Waals surface area contributed by atoms with Crippen molar-refractivity contribution in [3.05, 3.63) is 30.4 Å². The molecule has 0 unspecified atom stereocenters. The van der Waals surface area contributed by atoms with Crippen molar-refractivity contribution in [1.29, 1.82) is 0 Å². The quantitative estimate of drug-likeness (QED) is 0.917. The molecular formula is C17H22N4O2. The smallest absolute Gasteiger partial charge is 0.227 e. The van der Waals surface area contributed by atoms with Gasteiger partial charge < -0.3 is 9.84 Å². The molecule has 0 radical (unpaired) electrons. The van der Waals surface area contributed by atoms with E-state index in [1.165, 1.54) is 12.8 Å². The minimum absolute atomic E-state index is 0.0608. The summed E-state index contributed by atoms with van der Waals surface area (Å²) < 4.78 is 5.20. The number of rotatable bonds is 5. The van der Waals surface area contributed by atoms with Gasteiger partial charge in [0, 0.05) is 36.8 Å².